The number of hydrogen-bond donors (Lipinski definition) is 3. The third kappa shape index (κ3) is 7.09. The lowest BCUT2D eigenvalue weighted by molar-refractivity contribution is -0.134. The van der Waals surface area contributed by atoms with Crippen molar-refractivity contribution in [3.63, 3.8) is 0 Å². The van der Waals surface area contributed by atoms with Crippen LogP contribution in [0.5, 0.6) is 0 Å². The van der Waals surface area contributed by atoms with Crippen LogP contribution in [-0.2, 0) is 14.3 Å². The van der Waals surface area contributed by atoms with Crippen molar-refractivity contribution in [3.05, 3.63) is 81.5 Å². The van der Waals surface area contributed by atoms with E-state index in [-0.39, 0.29) is 23.7 Å². The summed E-state index contributed by atoms with van der Waals surface area (Å²) in [4.78, 5) is 37.0. The van der Waals surface area contributed by atoms with Crippen molar-refractivity contribution in [1.82, 2.24) is 14.5 Å². The molecule has 38 heavy (non-hydrogen) atoms. The zero-order chi connectivity index (χ0) is 27.2. The minimum Gasteiger partial charge on any atom is -0.478 e. The highest BCUT2D eigenvalue weighted by atomic mass is 35.5. The number of rotatable bonds is 6. The Morgan fingerprint density at radius 2 is 1.74 bits per heavy atom. The second kappa shape index (κ2) is 12.4. The number of imidazole rings is 1. The van der Waals surface area contributed by atoms with Crippen molar-refractivity contribution in [3.8, 4) is 0 Å². The standard InChI is InChI=1S/C23H25ClFN3O2.C4H4O4/c24-17-3-6-22-21(12-17)26-23(29)28(22)19-7-9-27(10-8-19)13-20-11-16(14-30-20)15-1-4-18(25)5-2-15;5-3(6)1-2-4(7)8/h1-6,12,16,19-20H,7-11,13-14H2,(H,26,29);1-2H,(H,5,6)(H,7,8)/b;2-1-. The monoisotopic (exact) mass is 545 g/mol. The quantitative estimate of drug-likeness (QED) is 0.399. The Hall–Kier alpha value is -3.47. The Balaban J connectivity index is 0.000000368. The third-order valence-electron chi connectivity index (χ3n) is 6.85. The number of fused-ring (bicyclic) bond motifs is 1. The van der Waals surface area contributed by atoms with Crippen LogP contribution in [0, 0.1) is 5.82 Å². The van der Waals surface area contributed by atoms with Crippen LogP contribution in [0.25, 0.3) is 11.0 Å². The van der Waals surface area contributed by atoms with Crippen molar-refractivity contribution in [2.75, 3.05) is 26.2 Å². The zero-order valence-corrected chi connectivity index (χ0v) is 21.3. The molecule has 0 radical (unpaired) electrons. The van der Waals surface area contributed by atoms with Gasteiger partial charge in [0.05, 0.1) is 23.7 Å². The lowest BCUT2D eigenvalue weighted by Crippen LogP contribution is -2.40. The number of H-pyrrole nitrogens is 1. The molecule has 2 aromatic carbocycles. The number of carbonyl (C=O) groups is 2. The lowest BCUT2D eigenvalue weighted by atomic mass is 9.96. The molecule has 2 unspecified atom stereocenters. The molecule has 3 aromatic rings. The number of ether oxygens (including phenoxy) is 1. The molecule has 5 rings (SSSR count). The average Bonchev–Trinajstić information content (AvgIpc) is 3.47. The molecule has 0 amide bonds. The Labute approximate surface area is 223 Å². The van der Waals surface area contributed by atoms with E-state index in [0.717, 1.165) is 55.5 Å². The molecule has 0 aliphatic carbocycles. The maximum Gasteiger partial charge on any atom is 0.328 e. The summed E-state index contributed by atoms with van der Waals surface area (Å²) < 4.78 is 21.1. The van der Waals surface area contributed by atoms with Crippen LogP contribution >= 0.6 is 11.6 Å². The van der Waals surface area contributed by atoms with Gasteiger partial charge in [-0.05, 0) is 55.2 Å². The van der Waals surface area contributed by atoms with Gasteiger partial charge < -0.3 is 24.8 Å². The number of hydrogen-bond acceptors (Lipinski definition) is 5. The van der Waals surface area contributed by atoms with E-state index in [1.807, 2.05) is 28.8 Å². The number of piperidine rings is 1. The van der Waals surface area contributed by atoms with Gasteiger partial charge in [-0.15, -0.1) is 0 Å². The smallest absolute Gasteiger partial charge is 0.328 e. The summed E-state index contributed by atoms with van der Waals surface area (Å²) in [5.74, 6) is -2.38. The highest BCUT2D eigenvalue weighted by Crippen LogP contribution is 2.31. The molecule has 0 spiro atoms. The van der Waals surface area contributed by atoms with Crippen LogP contribution in [0.3, 0.4) is 0 Å². The first-order valence-electron chi connectivity index (χ1n) is 12.3. The Morgan fingerprint density at radius 3 is 2.37 bits per heavy atom. The molecule has 2 aliphatic heterocycles. The van der Waals surface area contributed by atoms with Crippen LogP contribution in [-0.4, -0.2) is 68.9 Å². The summed E-state index contributed by atoms with van der Waals surface area (Å²) >= 11 is 6.06. The Morgan fingerprint density at radius 1 is 1.08 bits per heavy atom. The maximum absolute atomic E-state index is 13.2. The number of nitrogens with zero attached hydrogens (tertiary/aromatic N) is 2. The van der Waals surface area contributed by atoms with Gasteiger partial charge in [0, 0.05) is 48.8 Å². The second-order valence-electron chi connectivity index (χ2n) is 9.44. The first-order chi connectivity index (χ1) is 18.2. The number of likely N-dealkylation sites (tertiary alicyclic amines) is 1. The van der Waals surface area contributed by atoms with Gasteiger partial charge in [0.15, 0.2) is 0 Å². The van der Waals surface area contributed by atoms with Crippen molar-refractivity contribution in [2.24, 2.45) is 0 Å². The van der Waals surface area contributed by atoms with Crippen molar-refractivity contribution in [1.29, 1.82) is 0 Å². The molecular weight excluding hydrogens is 517 g/mol. The minimum absolute atomic E-state index is 0.0630. The van der Waals surface area contributed by atoms with Gasteiger partial charge >= 0.3 is 17.6 Å². The normalized spacial score (nSPS) is 20.5. The zero-order valence-electron chi connectivity index (χ0n) is 20.6. The van der Waals surface area contributed by atoms with Gasteiger partial charge in [-0.1, -0.05) is 23.7 Å². The molecule has 2 saturated heterocycles. The number of aromatic nitrogens is 2. The fourth-order valence-corrected chi connectivity index (χ4v) is 5.23. The van der Waals surface area contributed by atoms with E-state index in [1.165, 1.54) is 12.1 Å². The number of aromatic amines is 1. The molecule has 2 fully saturated rings. The van der Waals surface area contributed by atoms with Crippen LogP contribution < -0.4 is 5.69 Å². The van der Waals surface area contributed by atoms with Gasteiger partial charge in [0.1, 0.15) is 5.82 Å². The highest BCUT2D eigenvalue weighted by Gasteiger charge is 2.30. The van der Waals surface area contributed by atoms with E-state index in [0.29, 0.717) is 29.7 Å². The number of aliphatic carboxylic acids is 2. The Kier molecular flexibility index (Phi) is 8.98. The summed E-state index contributed by atoms with van der Waals surface area (Å²) in [6, 6.07) is 12.5. The molecule has 0 saturated carbocycles. The highest BCUT2D eigenvalue weighted by molar-refractivity contribution is 6.31. The fraction of sp³-hybridized carbons (Fsp3) is 0.370. The van der Waals surface area contributed by atoms with E-state index >= 15 is 0 Å². The molecule has 11 heteroatoms. The van der Waals surface area contributed by atoms with E-state index in [1.54, 1.807) is 6.07 Å². The van der Waals surface area contributed by atoms with Gasteiger partial charge in [-0.25, -0.2) is 18.8 Å². The molecule has 2 atom stereocenters. The number of halogens is 2. The summed E-state index contributed by atoms with van der Waals surface area (Å²) in [6.45, 7) is 3.49. The van der Waals surface area contributed by atoms with Crippen molar-refractivity contribution < 1.29 is 28.9 Å². The molecule has 9 nitrogen and oxygen atoms in total. The van der Waals surface area contributed by atoms with Gasteiger partial charge in [0.2, 0.25) is 0 Å². The number of nitrogens with one attached hydrogen (secondary N) is 1. The lowest BCUT2D eigenvalue weighted by Gasteiger charge is -2.33. The summed E-state index contributed by atoms with van der Waals surface area (Å²) in [5.41, 5.74) is 2.80. The topological polar surface area (TPSA) is 125 Å². The van der Waals surface area contributed by atoms with Gasteiger partial charge in [-0.3, -0.25) is 4.57 Å². The SMILES string of the molecule is O=C(O)/C=C\C(=O)O.O=c1[nH]c2cc(Cl)ccc2n1C1CCN(CC2CC(c3ccc(F)cc3)CO2)CC1. The average molecular weight is 546 g/mol. The van der Waals surface area contributed by atoms with Crippen LogP contribution in [0.1, 0.15) is 36.8 Å². The largest absolute Gasteiger partial charge is 0.478 e. The molecular formula is C27H29ClFN3O6. The predicted molar refractivity (Wildman–Crippen MR) is 140 cm³/mol. The molecule has 1 aromatic heterocycles. The van der Waals surface area contributed by atoms with Crippen molar-refractivity contribution >= 4 is 34.6 Å². The van der Waals surface area contributed by atoms with E-state index < -0.39 is 11.9 Å². The molecule has 2 aliphatic rings. The first-order valence-corrected chi connectivity index (χ1v) is 12.7. The summed E-state index contributed by atoms with van der Waals surface area (Å²) in [7, 11) is 0. The Bertz CT molecular complexity index is 1350. The van der Waals surface area contributed by atoms with E-state index in [4.69, 9.17) is 26.6 Å². The summed E-state index contributed by atoms with van der Waals surface area (Å²) in [5, 5.41) is 16.3. The van der Waals surface area contributed by atoms with Gasteiger partial charge in [0.25, 0.3) is 0 Å². The number of carboxylic acid groups (broad SMARTS) is 2. The first kappa shape index (κ1) is 27.6. The number of benzene rings is 2. The molecule has 3 N–H and O–H groups in total. The van der Waals surface area contributed by atoms with E-state index in [9.17, 15) is 18.8 Å². The van der Waals surface area contributed by atoms with Crippen LogP contribution in [0.2, 0.25) is 5.02 Å². The van der Waals surface area contributed by atoms with Crippen LogP contribution in [0.15, 0.2) is 59.4 Å². The van der Waals surface area contributed by atoms with Crippen molar-refractivity contribution in [2.45, 2.75) is 37.3 Å². The molecule has 202 valence electrons. The summed E-state index contributed by atoms with van der Waals surface area (Å²) in [6.07, 6.45) is 4.15. The predicted octanol–water partition coefficient (Wildman–Crippen LogP) is 4.04. The second-order valence-corrected chi connectivity index (χ2v) is 9.88. The number of carboxylic acids is 2. The van der Waals surface area contributed by atoms with Gasteiger partial charge in [-0.2, -0.15) is 0 Å². The van der Waals surface area contributed by atoms with E-state index in [2.05, 4.69) is 9.88 Å². The molecule has 3 heterocycles. The maximum atomic E-state index is 13.2. The van der Waals surface area contributed by atoms with Crippen LogP contribution in [0.4, 0.5) is 4.39 Å². The third-order valence-corrected chi connectivity index (χ3v) is 7.09. The minimum atomic E-state index is -1.26. The molecule has 0 bridgehead atoms. The fourth-order valence-electron chi connectivity index (χ4n) is 5.06.